The summed E-state index contributed by atoms with van der Waals surface area (Å²) < 4.78 is 0.638. The number of aromatic hydroxyl groups is 1. The Kier molecular flexibility index (Phi) is 5.35. The normalized spacial score (nSPS) is 12.2. The Morgan fingerprint density at radius 1 is 1.37 bits per heavy atom. The van der Waals surface area contributed by atoms with Gasteiger partial charge in [-0.25, -0.2) is 4.79 Å². The predicted octanol–water partition coefficient (Wildman–Crippen LogP) is 2.38. The van der Waals surface area contributed by atoms with Gasteiger partial charge in [-0.15, -0.1) is 0 Å². The first-order valence-corrected chi connectivity index (χ1v) is 6.62. The third-order valence-corrected chi connectivity index (χ3v) is 3.01. The van der Waals surface area contributed by atoms with E-state index in [4.69, 9.17) is 5.11 Å². The first-order chi connectivity index (χ1) is 8.81. The Hall–Kier alpha value is -1.56. The fraction of sp³-hybridized carbons (Fsp3) is 0.385. The van der Waals surface area contributed by atoms with E-state index < -0.39 is 17.9 Å². The van der Waals surface area contributed by atoms with Gasteiger partial charge in [0, 0.05) is 4.47 Å². The monoisotopic (exact) mass is 329 g/mol. The lowest BCUT2D eigenvalue weighted by molar-refractivity contribution is -0.139. The van der Waals surface area contributed by atoms with Crippen LogP contribution in [-0.2, 0) is 4.79 Å². The molecule has 6 heteroatoms. The molecule has 1 atom stereocenters. The number of amides is 1. The summed E-state index contributed by atoms with van der Waals surface area (Å²) >= 11 is 3.17. The van der Waals surface area contributed by atoms with Crippen LogP contribution in [0.3, 0.4) is 0 Å². The lowest BCUT2D eigenvalue weighted by Gasteiger charge is -2.16. The molecule has 5 nitrogen and oxygen atoms in total. The minimum Gasteiger partial charge on any atom is -0.507 e. The van der Waals surface area contributed by atoms with Crippen molar-refractivity contribution in [1.29, 1.82) is 0 Å². The highest BCUT2D eigenvalue weighted by Crippen LogP contribution is 2.22. The Labute approximate surface area is 119 Å². The summed E-state index contributed by atoms with van der Waals surface area (Å²) in [5.74, 6) is -1.74. The minimum atomic E-state index is -1.08. The molecule has 0 saturated carbocycles. The number of halogens is 1. The van der Waals surface area contributed by atoms with E-state index in [9.17, 15) is 14.7 Å². The molecule has 0 aliphatic rings. The van der Waals surface area contributed by atoms with Crippen LogP contribution in [0.1, 0.15) is 30.6 Å². The average Bonchev–Trinajstić information content (AvgIpc) is 2.26. The molecular formula is C13H16BrNO4. The Morgan fingerprint density at radius 3 is 2.47 bits per heavy atom. The zero-order valence-corrected chi connectivity index (χ0v) is 12.3. The third kappa shape index (κ3) is 4.55. The van der Waals surface area contributed by atoms with Crippen molar-refractivity contribution in [3.05, 3.63) is 28.2 Å². The zero-order valence-electron chi connectivity index (χ0n) is 10.7. The van der Waals surface area contributed by atoms with E-state index >= 15 is 0 Å². The SMILES string of the molecule is CC(C)C[C@H](NC(=O)c1ccc(Br)cc1O)C(=O)O. The summed E-state index contributed by atoms with van der Waals surface area (Å²) in [6, 6.07) is 3.46. The largest absolute Gasteiger partial charge is 0.507 e. The van der Waals surface area contributed by atoms with Gasteiger partial charge >= 0.3 is 5.97 Å². The van der Waals surface area contributed by atoms with Crippen molar-refractivity contribution in [2.45, 2.75) is 26.3 Å². The van der Waals surface area contributed by atoms with Gasteiger partial charge in [-0.05, 0) is 30.5 Å². The quantitative estimate of drug-likeness (QED) is 0.774. The molecule has 0 spiro atoms. The lowest BCUT2D eigenvalue weighted by atomic mass is 10.0. The summed E-state index contributed by atoms with van der Waals surface area (Å²) in [4.78, 5) is 23.0. The molecule has 0 radical (unpaired) electrons. The molecule has 0 aromatic heterocycles. The van der Waals surface area contributed by atoms with Gasteiger partial charge in [0.15, 0.2) is 0 Å². The molecule has 0 saturated heterocycles. The fourth-order valence-corrected chi connectivity index (χ4v) is 1.97. The molecule has 1 aromatic carbocycles. The summed E-state index contributed by atoms with van der Waals surface area (Å²) in [5.41, 5.74) is 0.0539. The van der Waals surface area contributed by atoms with Gasteiger partial charge in [-0.3, -0.25) is 4.79 Å². The van der Waals surface area contributed by atoms with Crippen molar-refractivity contribution >= 4 is 27.8 Å². The molecule has 0 aliphatic carbocycles. The maximum Gasteiger partial charge on any atom is 0.326 e. The molecule has 1 rings (SSSR count). The lowest BCUT2D eigenvalue weighted by Crippen LogP contribution is -2.41. The van der Waals surface area contributed by atoms with Crippen LogP contribution in [0.5, 0.6) is 5.75 Å². The minimum absolute atomic E-state index is 0.0539. The van der Waals surface area contributed by atoms with Gasteiger partial charge < -0.3 is 15.5 Å². The van der Waals surface area contributed by atoms with E-state index in [0.717, 1.165) is 0 Å². The van der Waals surface area contributed by atoms with Crippen LogP contribution in [-0.4, -0.2) is 28.1 Å². The summed E-state index contributed by atoms with van der Waals surface area (Å²) in [7, 11) is 0. The first kappa shape index (κ1) is 15.5. The molecule has 19 heavy (non-hydrogen) atoms. The van der Waals surface area contributed by atoms with Crippen LogP contribution in [0.25, 0.3) is 0 Å². The highest BCUT2D eigenvalue weighted by Gasteiger charge is 2.22. The Balaban J connectivity index is 2.84. The number of nitrogens with one attached hydrogen (secondary N) is 1. The number of carboxylic acid groups (broad SMARTS) is 1. The predicted molar refractivity (Wildman–Crippen MR) is 74.2 cm³/mol. The summed E-state index contributed by atoms with van der Waals surface area (Å²) in [6.07, 6.45) is 0.332. The van der Waals surface area contributed by atoms with Gasteiger partial charge in [-0.2, -0.15) is 0 Å². The maximum absolute atomic E-state index is 11.9. The van der Waals surface area contributed by atoms with E-state index in [1.165, 1.54) is 12.1 Å². The van der Waals surface area contributed by atoms with Gasteiger partial charge in [0.1, 0.15) is 11.8 Å². The molecule has 1 aromatic rings. The van der Waals surface area contributed by atoms with Crippen LogP contribution in [0.15, 0.2) is 22.7 Å². The van der Waals surface area contributed by atoms with Crippen molar-refractivity contribution in [3.63, 3.8) is 0 Å². The first-order valence-electron chi connectivity index (χ1n) is 5.83. The van der Waals surface area contributed by atoms with Crippen molar-refractivity contribution in [3.8, 4) is 5.75 Å². The van der Waals surface area contributed by atoms with E-state index in [0.29, 0.717) is 10.9 Å². The standard InChI is InChI=1S/C13H16BrNO4/c1-7(2)5-10(13(18)19)15-12(17)9-4-3-8(14)6-11(9)16/h3-4,6-7,10,16H,5H2,1-2H3,(H,15,17)(H,18,19)/t10-/m0/s1. The number of phenols is 1. The van der Waals surface area contributed by atoms with Gasteiger partial charge in [0.05, 0.1) is 5.56 Å². The summed E-state index contributed by atoms with van der Waals surface area (Å²) in [5, 5.41) is 21.1. The topological polar surface area (TPSA) is 86.6 Å². The molecule has 0 fully saturated rings. The average molecular weight is 330 g/mol. The van der Waals surface area contributed by atoms with Crippen LogP contribution in [0.4, 0.5) is 0 Å². The van der Waals surface area contributed by atoms with E-state index in [1.807, 2.05) is 13.8 Å². The number of aliphatic carboxylic acids is 1. The highest BCUT2D eigenvalue weighted by molar-refractivity contribution is 9.10. The number of carbonyl (C=O) groups excluding carboxylic acids is 1. The molecule has 0 aliphatic heterocycles. The molecule has 0 unspecified atom stereocenters. The second-order valence-corrected chi connectivity index (χ2v) is 5.57. The van der Waals surface area contributed by atoms with Crippen LogP contribution >= 0.6 is 15.9 Å². The summed E-state index contributed by atoms with van der Waals surface area (Å²) in [6.45, 7) is 3.75. The number of carboxylic acids is 1. The van der Waals surface area contributed by atoms with Gasteiger partial charge in [0.2, 0.25) is 0 Å². The van der Waals surface area contributed by atoms with E-state index in [2.05, 4.69) is 21.2 Å². The molecule has 104 valence electrons. The van der Waals surface area contributed by atoms with Crippen molar-refractivity contribution in [2.24, 2.45) is 5.92 Å². The zero-order chi connectivity index (χ0) is 14.6. The van der Waals surface area contributed by atoms with Crippen molar-refractivity contribution in [1.82, 2.24) is 5.32 Å². The van der Waals surface area contributed by atoms with Crippen molar-refractivity contribution in [2.75, 3.05) is 0 Å². The third-order valence-electron chi connectivity index (χ3n) is 2.51. The number of benzene rings is 1. The van der Waals surface area contributed by atoms with Crippen molar-refractivity contribution < 1.29 is 19.8 Å². The maximum atomic E-state index is 11.9. The fourth-order valence-electron chi connectivity index (χ4n) is 1.63. The number of rotatable bonds is 5. The molecule has 0 heterocycles. The smallest absolute Gasteiger partial charge is 0.326 e. The second-order valence-electron chi connectivity index (χ2n) is 4.66. The molecular weight excluding hydrogens is 314 g/mol. The van der Waals surface area contributed by atoms with Crippen LogP contribution in [0.2, 0.25) is 0 Å². The van der Waals surface area contributed by atoms with Crippen LogP contribution < -0.4 is 5.32 Å². The molecule has 0 bridgehead atoms. The Morgan fingerprint density at radius 2 is 2.00 bits per heavy atom. The van der Waals surface area contributed by atoms with Gasteiger partial charge in [-0.1, -0.05) is 29.8 Å². The number of hydrogen-bond donors (Lipinski definition) is 3. The highest BCUT2D eigenvalue weighted by atomic mass is 79.9. The number of carbonyl (C=O) groups is 2. The van der Waals surface area contributed by atoms with E-state index in [1.54, 1.807) is 6.07 Å². The van der Waals surface area contributed by atoms with Crippen LogP contribution in [0, 0.1) is 5.92 Å². The van der Waals surface area contributed by atoms with Gasteiger partial charge in [0.25, 0.3) is 5.91 Å². The molecule has 1 amide bonds. The second kappa shape index (κ2) is 6.56. The Bertz CT molecular complexity index is 488. The number of hydrogen-bond acceptors (Lipinski definition) is 3. The number of phenolic OH excluding ortho intramolecular Hbond substituents is 1. The van der Waals surface area contributed by atoms with E-state index in [-0.39, 0.29) is 17.2 Å². The molecule has 3 N–H and O–H groups in total.